The van der Waals surface area contributed by atoms with Crippen LogP contribution < -0.4 is 4.74 Å². The molecule has 1 saturated heterocycles. The van der Waals surface area contributed by atoms with E-state index in [1.807, 2.05) is 66.6 Å². The molecule has 6 nitrogen and oxygen atoms in total. The third-order valence-electron chi connectivity index (χ3n) is 5.14. The van der Waals surface area contributed by atoms with Crippen molar-refractivity contribution in [1.82, 2.24) is 9.47 Å². The van der Waals surface area contributed by atoms with Gasteiger partial charge in [-0.1, -0.05) is 12.1 Å². The van der Waals surface area contributed by atoms with Crippen molar-refractivity contribution in [1.29, 1.82) is 0 Å². The number of carbonyl (C=O) groups is 1. The molecule has 0 saturated carbocycles. The Morgan fingerprint density at radius 1 is 1.14 bits per heavy atom. The average Bonchev–Trinajstić information content (AvgIpc) is 3.18. The van der Waals surface area contributed by atoms with E-state index in [-0.39, 0.29) is 18.1 Å². The highest BCUT2D eigenvalue weighted by atomic mass is 16.5. The molecule has 0 aliphatic carbocycles. The molecule has 3 heterocycles. The van der Waals surface area contributed by atoms with Crippen LogP contribution in [0, 0.1) is 6.92 Å². The summed E-state index contributed by atoms with van der Waals surface area (Å²) >= 11 is 0. The lowest BCUT2D eigenvalue weighted by Crippen LogP contribution is -2.48. The number of rotatable bonds is 4. The number of benzene rings is 1. The summed E-state index contributed by atoms with van der Waals surface area (Å²) in [7, 11) is 1.65. The molecule has 148 valence electrons. The number of hydrogen-bond donors (Lipinski definition) is 0. The van der Waals surface area contributed by atoms with Crippen LogP contribution in [0.5, 0.6) is 5.75 Å². The first-order valence-electron chi connectivity index (χ1n) is 9.62. The lowest BCUT2D eigenvalue weighted by atomic mass is 10.2. The summed E-state index contributed by atoms with van der Waals surface area (Å²) in [4.78, 5) is 15.2. The van der Waals surface area contributed by atoms with Crippen molar-refractivity contribution in [3.05, 3.63) is 53.4 Å². The molecule has 6 heteroatoms. The minimum absolute atomic E-state index is 0.0135. The van der Waals surface area contributed by atoms with Gasteiger partial charge in [0, 0.05) is 31.8 Å². The quantitative estimate of drug-likeness (QED) is 0.688. The van der Waals surface area contributed by atoms with E-state index in [1.165, 1.54) is 0 Å². The average molecular weight is 382 g/mol. The molecule has 1 aromatic carbocycles. The zero-order valence-corrected chi connectivity index (χ0v) is 16.8. The van der Waals surface area contributed by atoms with Crippen LogP contribution in [0.4, 0.5) is 0 Å². The summed E-state index contributed by atoms with van der Waals surface area (Å²) in [5.41, 5.74) is 3.41. The zero-order valence-electron chi connectivity index (χ0n) is 16.8. The first kappa shape index (κ1) is 18.6. The van der Waals surface area contributed by atoms with E-state index in [9.17, 15) is 4.79 Å². The van der Waals surface area contributed by atoms with Gasteiger partial charge in [0.25, 0.3) is 5.91 Å². The molecule has 2 atom stereocenters. The van der Waals surface area contributed by atoms with E-state index >= 15 is 0 Å². The normalized spacial score (nSPS) is 19.9. The molecular weight excluding hydrogens is 356 g/mol. The maximum atomic E-state index is 13.3. The third kappa shape index (κ3) is 3.52. The Hall–Kier alpha value is -2.73. The lowest BCUT2D eigenvalue weighted by Gasteiger charge is -2.35. The minimum atomic E-state index is 0.0135. The number of fused-ring (bicyclic) bond motifs is 1. The SMILES string of the molecule is COc1ccc(Cn2c(C(=O)N3C[C@H](C)O[C@@H](C)C3)cc3oc(C)cc32)cc1. The molecule has 1 aliphatic rings. The molecule has 2 aromatic heterocycles. The molecule has 0 unspecified atom stereocenters. The summed E-state index contributed by atoms with van der Waals surface area (Å²) in [5.74, 6) is 1.66. The fraction of sp³-hybridized carbons (Fsp3) is 0.409. The van der Waals surface area contributed by atoms with Gasteiger partial charge in [0.15, 0.2) is 5.58 Å². The van der Waals surface area contributed by atoms with Gasteiger partial charge >= 0.3 is 0 Å². The fourth-order valence-electron chi connectivity index (χ4n) is 3.93. The molecule has 0 radical (unpaired) electrons. The zero-order chi connectivity index (χ0) is 19.8. The van der Waals surface area contributed by atoms with Gasteiger partial charge in [-0.05, 0) is 38.5 Å². The van der Waals surface area contributed by atoms with Gasteiger partial charge in [-0.25, -0.2) is 0 Å². The smallest absolute Gasteiger partial charge is 0.270 e. The number of carbonyl (C=O) groups excluding carboxylic acids is 1. The van der Waals surface area contributed by atoms with Gasteiger partial charge in [0.05, 0.1) is 24.8 Å². The number of aryl methyl sites for hydroxylation is 1. The number of ether oxygens (including phenoxy) is 2. The van der Waals surface area contributed by atoms with E-state index in [4.69, 9.17) is 13.9 Å². The minimum Gasteiger partial charge on any atom is -0.497 e. The Morgan fingerprint density at radius 2 is 1.82 bits per heavy atom. The van der Waals surface area contributed by atoms with Gasteiger partial charge in [-0.2, -0.15) is 0 Å². The van der Waals surface area contributed by atoms with E-state index < -0.39 is 0 Å². The summed E-state index contributed by atoms with van der Waals surface area (Å²) in [5, 5.41) is 0. The van der Waals surface area contributed by atoms with Gasteiger partial charge in [0.2, 0.25) is 0 Å². The molecule has 0 spiro atoms. The number of furan rings is 1. The summed E-state index contributed by atoms with van der Waals surface area (Å²) in [6, 6.07) is 11.8. The van der Waals surface area contributed by atoms with Crippen molar-refractivity contribution in [3.8, 4) is 5.75 Å². The summed E-state index contributed by atoms with van der Waals surface area (Å²) < 4.78 is 18.9. The second-order valence-electron chi connectivity index (χ2n) is 7.54. The summed E-state index contributed by atoms with van der Waals surface area (Å²) in [6.07, 6.45) is 0.0610. The summed E-state index contributed by atoms with van der Waals surface area (Å²) in [6.45, 7) is 7.70. The monoisotopic (exact) mass is 382 g/mol. The number of nitrogens with zero attached hydrogens (tertiary/aromatic N) is 2. The van der Waals surface area contributed by atoms with Crippen molar-refractivity contribution in [2.45, 2.75) is 39.5 Å². The number of hydrogen-bond acceptors (Lipinski definition) is 4. The van der Waals surface area contributed by atoms with Crippen LogP contribution in [0.1, 0.15) is 35.7 Å². The molecule has 1 aliphatic heterocycles. The fourth-order valence-corrected chi connectivity index (χ4v) is 3.93. The Balaban J connectivity index is 1.70. The van der Waals surface area contributed by atoms with Gasteiger partial charge in [-0.3, -0.25) is 4.79 Å². The second kappa shape index (κ2) is 7.36. The molecule has 1 amide bonds. The van der Waals surface area contributed by atoms with Crippen LogP contribution in [0.3, 0.4) is 0 Å². The van der Waals surface area contributed by atoms with Crippen LogP contribution in [-0.4, -0.2) is 47.8 Å². The number of methoxy groups -OCH3 is 1. The van der Waals surface area contributed by atoms with Gasteiger partial charge in [0.1, 0.15) is 17.2 Å². The van der Waals surface area contributed by atoms with E-state index in [2.05, 4.69) is 0 Å². The van der Waals surface area contributed by atoms with Crippen molar-refractivity contribution in [2.24, 2.45) is 0 Å². The number of morpholine rings is 1. The van der Waals surface area contributed by atoms with Gasteiger partial charge < -0.3 is 23.4 Å². The molecule has 0 bridgehead atoms. The van der Waals surface area contributed by atoms with Crippen molar-refractivity contribution in [2.75, 3.05) is 20.2 Å². The third-order valence-corrected chi connectivity index (χ3v) is 5.14. The largest absolute Gasteiger partial charge is 0.497 e. The molecule has 3 aromatic rings. The Kier molecular flexibility index (Phi) is 4.89. The van der Waals surface area contributed by atoms with E-state index in [0.717, 1.165) is 28.2 Å². The first-order valence-corrected chi connectivity index (χ1v) is 9.62. The highest BCUT2D eigenvalue weighted by Gasteiger charge is 2.29. The molecule has 28 heavy (non-hydrogen) atoms. The van der Waals surface area contributed by atoms with Crippen LogP contribution in [-0.2, 0) is 11.3 Å². The van der Waals surface area contributed by atoms with Crippen molar-refractivity contribution in [3.63, 3.8) is 0 Å². The number of aromatic nitrogens is 1. The van der Waals surface area contributed by atoms with Crippen LogP contribution in [0.15, 0.2) is 40.8 Å². The van der Waals surface area contributed by atoms with Crippen molar-refractivity contribution < 1.29 is 18.7 Å². The topological polar surface area (TPSA) is 56.8 Å². The Bertz CT molecular complexity index is 976. The first-order chi connectivity index (χ1) is 13.4. The van der Waals surface area contributed by atoms with E-state index in [0.29, 0.717) is 25.3 Å². The van der Waals surface area contributed by atoms with Crippen LogP contribution in [0.2, 0.25) is 0 Å². The Labute approximate surface area is 164 Å². The van der Waals surface area contributed by atoms with Crippen LogP contribution >= 0.6 is 0 Å². The second-order valence-corrected chi connectivity index (χ2v) is 7.54. The molecule has 4 rings (SSSR count). The van der Waals surface area contributed by atoms with Gasteiger partial charge in [-0.15, -0.1) is 0 Å². The lowest BCUT2D eigenvalue weighted by molar-refractivity contribution is -0.0588. The predicted molar refractivity (Wildman–Crippen MR) is 107 cm³/mol. The van der Waals surface area contributed by atoms with Crippen molar-refractivity contribution >= 4 is 17.0 Å². The maximum absolute atomic E-state index is 13.3. The molecular formula is C22H26N2O4. The van der Waals surface area contributed by atoms with Crippen LogP contribution in [0.25, 0.3) is 11.1 Å². The standard InChI is InChI=1S/C22H26N2O4/c1-14-9-19-21(28-14)10-20(22(25)23-11-15(2)27-16(3)12-23)24(19)13-17-5-7-18(26-4)8-6-17/h5-10,15-16H,11-13H2,1-4H3/t15-,16-/m0/s1. The highest BCUT2D eigenvalue weighted by Crippen LogP contribution is 2.27. The highest BCUT2D eigenvalue weighted by molar-refractivity contribution is 5.97. The maximum Gasteiger partial charge on any atom is 0.270 e. The predicted octanol–water partition coefficient (Wildman–Crippen LogP) is 3.85. The molecule has 1 fully saturated rings. The number of amides is 1. The molecule has 0 N–H and O–H groups in total. The Morgan fingerprint density at radius 3 is 2.46 bits per heavy atom. The van der Waals surface area contributed by atoms with E-state index in [1.54, 1.807) is 7.11 Å².